The Kier molecular flexibility index (Phi) is 7.00. The number of rotatable bonds is 6. The summed E-state index contributed by atoms with van der Waals surface area (Å²) in [6, 6.07) is 17.0. The Morgan fingerprint density at radius 2 is 1.79 bits per heavy atom. The molecule has 0 amide bonds. The van der Waals surface area contributed by atoms with E-state index >= 15 is 0 Å². The first-order valence-corrected chi connectivity index (χ1v) is 10.9. The van der Waals surface area contributed by atoms with E-state index in [2.05, 4.69) is 4.99 Å². The molecule has 33 heavy (non-hydrogen) atoms. The molecule has 1 heterocycles. The first kappa shape index (κ1) is 24.5. The Morgan fingerprint density at radius 1 is 1.09 bits per heavy atom. The number of carboxylic acid groups (broad SMARTS) is 1. The normalized spacial score (nSPS) is 13.3. The Balaban J connectivity index is 2.08. The molecule has 0 atom stereocenters. The number of hydrogen-bond donors (Lipinski definition) is 2. The third-order valence-corrected chi connectivity index (χ3v) is 6.45. The van der Waals surface area contributed by atoms with Crippen LogP contribution in [0.3, 0.4) is 0 Å². The van der Waals surface area contributed by atoms with Crippen LogP contribution in [0.2, 0.25) is 5.02 Å². The average molecular weight is 493 g/mol. The minimum absolute atomic E-state index is 0.0104. The summed E-state index contributed by atoms with van der Waals surface area (Å²) in [5.41, 5.74) is 4.54. The van der Waals surface area contributed by atoms with E-state index in [0.29, 0.717) is 16.1 Å². The van der Waals surface area contributed by atoms with Gasteiger partial charge in [-0.1, -0.05) is 41.9 Å². The van der Waals surface area contributed by atoms with Crippen LogP contribution in [0.5, 0.6) is 0 Å². The number of hydrogen-bond acceptors (Lipinski definition) is 4. The first-order chi connectivity index (χ1) is 15.4. The summed E-state index contributed by atoms with van der Waals surface area (Å²) in [6.45, 7) is 3.21. The van der Waals surface area contributed by atoms with Crippen LogP contribution < -0.4 is 5.73 Å². The number of halogens is 4. The lowest BCUT2D eigenvalue weighted by atomic mass is 9.84. The van der Waals surface area contributed by atoms with Gasteiger partial charge in [-0.2, -0.15) is 13.2 Å². The molecule has 0 bridgehead atoms. The number of alkyl halides is 3. The van der Waals surface area contributed by atoms with Gasteiger partial charge >= 0.3 is 12.1 Å². The monoisotopic (exact) mass is 492 g/mol. The standard InChI is InChI=1S/C24H20ClF3N2O2S/c1-23(2,22(31)32)15-7-5-6-14(12-15)19-10-11-20(33-19)18(13-21(29)24(26,27)28)30-17-9-4-3-8-16(17)25/h3-13H,29H2,1-2H3,(H,31,32). The molecule has 4 nitrogen and oxygen atoms in total. The largest absolute Gasteiger partial charge is 0.481 e. The SMILES string of the molecule is CC(C)(C(=O)O)c1cccc(-c2ccc(C(C=C(N)C(F)(F)F)=Nc3ccccc3Cl)s2)c1. The van der Waals surface area contributed by atoms with Gasteiger partial charge in [-0.05, 0) is 61.4 Å². The van der Waals surface area contributed by atoms with E-state index in [9.17, 15) is 23.1 Å². The summed E-state index contributed by atoms with van der Waals surface area (Å²) in [6.07, 6.45) is -3.93. The molecule has 0 fully saturated rings. The number of allylic oxidation sites excluding steroid dienone is 2. The summed E-state index contributed by atoms with van der Waals surface area (Å²) in [5, 5.41) is 9.80. The zero-order valence-electron chi connectivity index (χ0n) is 17.7. The van der Waals surface area contributed by atoms with Crippen molar-refractivity contribution < 1.29 is 23.1 Å². The van der Waals surface area contributed by atoms with Gasteiger partial charge in [0.15, 0.2) is 0 Å². The molecule has 1 aromatic heterocycles. The van der Waals surface area contributed by atoms with Crippen molar-refractivity contribution in [2.75, 3.05) is 0 Å². The van der Waals surface area contributed by atoms with Crippen molar-refractivity contribution in [3.8, 4) is 10.4 Å². The van der Waals surface area contributed by atoms with Crippen LogP contribution in [0.1, 0.15) is 24.3 Å². The van der Waals surface area contributed by atoms with Crippen LogP contribution in [0.25, 0.3) is 10.4 Å². The molecule has 2 aromatic carbocycles. The van der Waals surface area contributed by atoms with Crippen molar-refractivity contribution in [3.05, 3.63) is 87.9 Å². The highest BCUT2D eigenvalue weighted by Crippen LogP contribution is 2.34. The number of aliphatic imine (C=N–C) groups is 1. The molecule has 0 radical (unpaired) electrons. The van der Waals surface area contributed by atoms with Crippen LogP contribution in [-0.4, -0.2) is 23.0 Å². The predicted octanol–water partition coefficient (Wildman–Crippen LogP) is 6.96. The average Bonchev–Trinajstić information content (AvgIpc) is 3.24. The molecule has 0 unspecified atom stereocenters. The van der Waals surface area contributed by atoms with Gasteiger partial charge in [-0.25, -0.2) is 4.99 Å². The molecule has 172 valence electrons. The lowest BCUT2D eigenvalue weighted by Gasteiger charge is -2.20. The number of nitrogens with zero attached hydrogens (tertiary/aromatic N) is 1. The van der Waals surface area contributed by atoms with Crippen molar-refractivity contribution in [1.29, 1.82) is 0 Å². The summed E-state index contributed by atoms with van der Waals surface area (Å²) in [7, 11) is 0. The molecule has 0 saturated carbocycles. The third-order valence-electron chi connectivity index (χ3n) is 4.97. The number of benzene rings is 2. The highest BCUT2D eigenvalue weighted by atomic mass is 35.5. The Morgan fingerprint density at radius 3 is 2.42 bits per heavy atom. The molecule has 3 N–H and O–H groups in total. The zero-order valence-corrected chi connectivity index (χ0v) is 19.2. The minimum Gasteiger partial charge on any atom is -0.481 e. The maximum absolute atomic E-state index is 13.1. The second-order valence-electron chi connectivity index (χ2n) is 7.72. The van der Waals surface area contributed by atoms with E-state index in [1.807, 2.05) is 6.07 Å². The summed E-state index contributed by atoms with van der Waals surface area (Å²) >= 11 is 7.35. The maximum Gasteiger partial charge on any atom is 0.430 e. The number of carbonyl (C=O) groups is 1. The second kappa shape index (κ2) is 9.41. The quantitative estimate of drug-likeness (QED) is 0.365. The molecule has 0 aliphatic carbocycles. The summed E-state index contributed by atoms with van der Waals surface area (Å²) in [4.78, 5) is 17.1. The van der Waals surface area contributed by atoms with Crippen molar-refractivity contribution in [1.82, 2.24) is 0 Å². The van der Waals surface area contributed by atoms with Gasteiger partial charge in [-0.3, -0.25) is 4.79 Å². The molecular weight excluding hydrogens is 473 g/mol. The Labute approximate surface area is 197 Å². The number of aliphatic carboxylic acids is 1. The van der Waals surface area contributed by atoms with Crippen LogP contribution >= 0.6 is 22.9 Å². The highest BCUT2D eigenvalue weighted by molar-refractivity contribution is 7.17. The summed E-state index contributed by atoms with van der Waals surface area (Å²) in [5.74, 6) is -0.964. The molecule has 0 aliphatic heterocycles. The molecule has 0 spiro atoms. The van der Waals surface area contributed by atoms with Crippen molar-refractivity contribution in [2.45, 2.75) is 25.4 Å². The fourth-order valence-electron chi connectivity index (χ4n) is 2.88. The van der Waals surface area contributed by atoms with Gasteiger partial charge < -0.3 is 10.8 Å². The van der Waals surface area contributed by atoms with Crippen molar-refractivity contribution in [2.24, 2.45) is 10.7 Å². The van der Waals surface area contributed by atoms with Crippen LogP contribution in [0.15, 0.2) is 77.4 Å². The van der Waals surface area contributed by atoms with Crippen LogP contribution in [0, 0.1) is 0 Å². The lowest BCUT2D eigenvalue weighted by molar-refractivity contribution is -0.142. The second-order valence-corrected chi connectivity index (χ2v) is 9.21. The van der Waals surface area contributed by atoms with Gasteiger partial charge in [0.2, 0.25) is 0 Å². The van der Waals surface area contributed by atoms with Crippen molar-refractivity contribution in [3.63, 3.8) is 0 Å². The van der Waals surface area contributed by atoms with Gasteiger partial charge in [-0.15, -0.1) is 11.3 Å². The zero-order chi connectivity index (χ0) is 24.4. The van der Waals surface area contributed by atoms with Gasteiger partial charge in [0.25, 0.3) is 0 Å². The number of carboxylic acids is 1. The predicted molar refractivity (Wildman–Crippen MR) is 126 cm³/mol. The van der Waals surface area contributed by atoms with Crippen molar-refractivity contribution >= 4 is 40.3 Å². The molecule has 3 rings (SSSR count). The van der Waals surface area contributed by atoms with Crippen LogP contribution in [0.4, 0.5) is 18.9 Å². The third kappa shape index (κ3) is 5.64. The lowest BCUT2D eigenvalue weighted by Crippen LogP contribution is -2.28. The minimum atomic E-state index is -4.71. The smallest absolute Gasteiger partial charge is 0.430 e. The van der Waals surface area contributed by atoms with E-state index in [0.717, 1.165) is 16.5 Å². The summed E-state index contributed by atoms with van der Waals surface area (Å²) < 4.78 is 39.3. The van der Waals surface area contributed by atoms with Gasteiger partial charge in [0, 0.05) is 4.88 Å². The van der Waals surface area contributed by atoms with Gasteiger partial charge in [0.1, 0.15) is 5.70 Å². The number of para-hydroxylation sites is 1. The van der Waals surface area contributed by atoms with E-state index in [1.54, 1.807) is 68.4 Å². The number of nitrogens with two attached hydrogens (primary N) is 1. The Bertz CT molecular complexity index is 1250. The number of thiophene rings is 1. The van der Waals surface area contributed by atoms with E-state index in [-0.39, 0.29) is 10.7 Å². The fourth-order valence-corrected chi connectivity index (χ4v) is 4.02. The molecule has 0 saturated heterocycles. The molecule has 3 aromatic rings. The molecule has 0 aliphatic rings. The van der Waals surface area contributed by atoms with E-state index in [1.165, 1.54) is 11.3 Å². The topological polar surface area (TPSA) is 75.7 Å². The highest BCUT2D eigenvalue weighted by Gasteiger charge is 2.32. The maximum atomic E-state index is 13.1. The van der Waals surface area contributed by atoms with Crippen LogP contribution in [-0.2, 0) is 10.2 Å². The molecular formula is C24H20ClF3N2O2S. The molecule has 9 heteroatoms. The Hall–Kier alpha value is -3.10. The fraction of sp³-hybridized carbons (Fsp3) is 0.167. The van der Waals surface area contributed by atoms with E-state index in [4.69, 9.17) is 17.3 Å². The van der Waals surface area contributed by atoms with Gasteiger partial charge in [0.05, 0.1) is 26.7 Å². The van der Waals surface area contributed by atoms with E-state index < -0.39 is 23.3 Å². The first-order valence-electron chi connectivity index (χ1n) is 9.71.